The maximum absolute atomic E-state index is 10.8. The first kappa shape index (κ1) is 14.6. The number of aliphatic hydroxyl groups is 1. The number of benzene rings is 1. The first-order chi connectivity index (χ1) is 10.2. The van der Waals surface area contributed by atoms with Gasteiger partial charge in [0.25, 0.3) is 0 Å². The molecule has 1 aromatic rings. The Bertz CT molecular complexity index is 482. The van der Waals surface area contributed by atoms with Gasteiger partial charge in [-0.1, -0.05) is 6.07 Å². The summed E-state index contributed by atoms with van der Waals surface area (Å²) in [5, 5.41) is 10.8. The van der Waals surface area contributed by atoms with Crippen LogP contribution in [0.4, 0.5) is 0 Å². The Balaban J connectivity index is 1.86. The molecule has 0 amide bonds. The molecule has 0 radical (unpaired) electrons. The number of hydrogen-bond acceptors (Lipinski definition) is 5. The van der Waals surface area contributed by atoms with Crippen LogP contribution in [-0.4, -0.2) is 44.2 Å². The highest BCUT2D eigenvalue weighted by molar-refractivity contribution is 5.44. The third-order valence-electron chi connectivity index (χ3n) is 4.33. The van der Waals surface area contributed by atoms with Gasteiger partial charge < -0.3 is 24.1 Å². The van der Waals surface area contributed by atoms with E-state index in [2.05, 4.69) is 0 Å². The van der Waals surface area contributed by atoms with Crippen molar-refractivity contribution in [3.8, 4) is 11.5 Å². The largest absolute Gasteiger partial charge is 0.490 e. The fourth-order valence-corrected chi connectivity index (χ4v) is 2.96. The molecule has 0 saturated carbocycles. The minimum atomic E-state index is -0.705. The van der Waals surface area contributed by atoms with E-state index in [0.29, 0.717) is 45.0 Å². The van der Waals surface area contributed by atoms with Crippen LogP contribution < -0.4 is 9.47 Å². The van der Waals surface area contributed by atoms with E-state index < -0.39 is 11.7 Å². The second-order valence-corrected chi connectivity index (χ2v) is 5.54. The standard InChI is InChI=1S/C16H22O5/c1-18-16(5-9-19-10-6-16)15(17)12-3-4-13-14(11-12)21-8-2-7-20-13/h3-4,11,15,17H,2,5-10H2,1H3. The third kappa shape index (κ3) is 2.86. The monoisotopic (exact) mass is 294 g/mol. The first-order valence-electron chi connectivity index (χ1n) is 7.46. The zero-order valence-electron chi connectivity index (χ0n) is 12.3. The third-order valence-corrected chi connectivity index (χ3v) is 4.33. The summed E-state index contributed by atoms with van der Waals surface area (Å²) in [6.45, 7) is 2.51. The molecule has 5 heteroatoms. The quantitative estimate of drug-likeness (QED) is 0.925. The van der Waals surface area contributed by atoms with Gasteiger partial charge in [0, 0.05) is 39.6 Å². The molecule has 1 N–H and O–H groups in total. The Morgan fingerprint density at radius 3 is 2.52 bits per heavy atom. The molecule has 0 spiro atoms. The van der Waals surface area contributed by atoms with E-state index in [9.17, 15) is 5.11 Å². The van der Waals surface area contributed by atoms with Gasteiger partial charge in [0.2, 0.25) is 0 Å². The maximum atomic E-state index is 10.8. The predicted molar refractivity (Wildman–Crippen MR) is 76.8 cm³/mol. The lowest BCUT2D eigenvalue weighted by atomic mass is 9.84. The van der Waals surface area contributed by atoms with Gasteiger partial charge in [-0.15, -0.1) is 0 Å². The van der Waals surface area contributed by atoms with Gasteiger partial charge in [-0.2, -0.15) is 0 Å². The van der Waals surface area contributed by atoms with Crippen LogP contribution in [-0.2, 0) is 9.47 Å². The number of ether oxygens (including phenoxy) is 4. The molecule has 2 aliphatic heterocycles. The van der Waals surface area contributed by atoms with Crippen molar-refractivity contribution in [3.63, 3.8) is 0 Å². The highest BCUT2D eigenvalue weighted by Crippen LogP contribution is 2.40. The Kier molecular flexibility index (Phi) is 4.33. The van der Waals surface area contributed by atoms with Crippen molar-refractivity contribution in [2.45, 2.75) is 31.0 Å². The lowest BCUT2D eigenvalue weighted by molar-refractivity contribution is -0.154. The van der Waals surface area contributed by atoms with Crippen molar-refractivity contribution in [1.29, 1.82) is 0 Å². The van der Waals surface area contributed by atoms with Crippen molar-refractivity contribution in [3.05, 3.63) is 23.8 Å². The number of fused-ring (bicyclic) bond motifs is 1. The van der Waals surface area contributed by atoms with E-state index in [1.54, 1.807) is 7.11 Å². The van der Waals surface area contributed by atoms with Gasteiger partial charge in [-0.05, 0) is 17.7 Å². The average Bonchev–Trinajstić information content (AvgIpc) is 2.79. The van der Waals surface area contributed by atoms with E-state index in [0.717, 1.165) is 17.7 Å². The molecule has 0 aliphatic carbocycles. The predicted octanol–water partition coefficient (Wildman–Crippen LogP) is 2.08. The Hall–Kier alpha value is -1.30. The molecular weight excluding hydrogens is 272 g/mol. The molecule has 0 bridgehead atoms. The number of methoxy groups -OCH3 is 1. The van der Waals surface area contributed by atoms with Gasteiger partial charge in [-0.3, -0.25) is 0 Å². The molecule has 2 aliphatic rings. The van der Waals surface area contributed by atoms with Crippen LogP contribution in [0.3, 0.4) is 0 Å². The molecule has 21 heavy (non-hydrogen) atoms. The highest BCUT2D eigenvalue weighted by Gasteiger charge is 2.41. The second kappa shape index (κ2) is 6.22. The molecule has 2 heterocycles. The lowest BCUT2D eigenvalue weighted by Crippen LogP contribution is -2.43. The number of aliphatic hydroxyl groups excluding tert-OH is 1. The molecule has 1 saturated heterocycles. The van der Waals surface area contributed by atoms with Crippen LogP contribution in [0.1, 0.15) is 30.9 Å². The summed E-state index contributed by atoms with van der Waals surface area (Å²) in [7, 11) is 1.65. The molecule has 5 nitrogen and oxygen atoms in total. The van der Waals surface area contributed by atoms with Crippen molar-refractivity contribution in [2.24, 2.45) is 0 Å². The molecule has 1 fully saturated rings. The zero-order valence-corrected chi connectivity index (χ0v) is 12.3. The van der Waals surface area contributed by atoms with E-state index in [4.69, 9.17) is 18.9 Å². The van der Waals surface area contributed by atoms with E-state index in [-0.39, 0.29) is 0 Å². The molecule has 0 aromatic heterocycles. The minimum absolute atomic E-state index is 0.585. The lowest BCUT2D eigenvalue weighted by Gasteiger charge is -2.39. The smallest absolute Gasteiger partial charge is 0.161 e. The van der Waals surface area contributed by atoms with Gasteiger partial charge in [0.05, 0.1) is 13.2 Å². The van der Waals surface area contributed by atoms with Gasteiger partial charge in [0.15, 0.2) is 11.5 Å². The fourth-order valence-electron chi connectivity index (χ4n) is 2.96. The summed E-state index contributed by atoms with van der Waals surface area (Å²) in [5.74, 6) is 1.43. The minimum Gasteiger partial charge on any atom is -0.490 e. The van der Waals surface area contributed by atoms with Gasteiger partial charge in [0.1, 0.15) is 11.7 Å². The summed E-state index contributed by atoms with van der Waals surface area (Å²) in [6, 6.07) is 5.61. The van der Waals surface area contributed by atoms with Crippen LogP contribution in [0, 0.1) is 0 Å². The number of hydrogen-bond donors (Lipinski definition) is 1. The van der Waals surface area contributed by atoms with Gasteiger partial charge in [-0.25, -0.2) is 0 Å². The van der Waals surface area contributed by atoms with Crippen molar-refractivity contribution < 1.29 is 24.1 Å². The normalized spacial score (nSPS) is 22.4. The summed E-state index contributed by atoms with van der Waals surface area (Å²) >= 11 is 0. The SMILES string of the molecule is COC1(C(O)c2ccc3c(c2)OCCCO3)CCOCC1. The van der Waals surface area contributed by atoms with Gasteiger partial charge >= 0.3 is 0 Å². The van der Waals surface area contributed by atoms with Crippen LogP contribution in [0.2, 0.25) is 0 Å². The van der Waals surface area contributed by atoms with Crippen LogP contribution in [0.5, 0.6) is 11.5 Å². The first-order valence-corrected chi connectivity index (χ1v) is 7.46. The van der Waals surface area contributed by atoms with Crippen LogP contribution >= 0.6 is 0 Å². The Labute approximate surface area is 124 Å². The molecule has 1 atom stereocenters. The van der Waals surface area contributed by atoms with E-state index in [1.807, 2.05) is 18.2 Å². The van der Waals surface area contributed by atoms with E-state index in [1.165, 1.54) is 0 Å². The van der Waals surface area contributed by atoms with Crippen LogP contribution in [0.25, 0.3) is 0 Å². The molecule has 3 rings (SSSR count). The molecular formula is C16H22O5. The maximum Gasteiger partial charge on any atom is 0.161 e. The highest BCUT2D eigenvalue weighted by atomic mass is 16.5. The topological polar surface area (TPSA) is 57.2 Å². The summed E-state index contributed by atoms with van der Waals surface area (Å²) in [5.41, 5.74) is 0.209. The fraction of sp³-hybridized carbons (Fsp3) is 0.625. The van der Waals surface area contributed by atoms with Crippen molar-refractivity contribution in [1.82, 2.24) is 0 Å². The Morgan fingerprint density at radius 2 is 1.81 bits per heavy atom. The van der Waals surface area contributed by atoms with Crippen LogP contribution in [0.15, 0.2) is 18.2 Å². The van der Waals surface area contributed by atoms with Crippen molar-refractivity contribution >= 4 is 0 Å². The van der Waals surface area contributed by atoms with E-state index >= 15 is 0 Å². The summed E-state index contributed by atoms with van der Waals surface area (Å²) in [4.78, 5) is 0. The second-order valence-electron chi connectivity index (χ2n) is 5.54. The number of rotatable bonds is 3. The molecule has 116 valence electrons. The summed E-state index contributed by atoms with van der Waals surface area (Å²) in [6.07, 6.45) is 1.52. The Morgan fingerprint density at radius 1 is 1.10 bits per heavy atom. The molecule has 1 aromatic carbocycles. The molecule has 1 unspecified atom stereocenters. The van der Waals surface area contributed by atoms with Crippen molar-refractivity contribution in [2.75, 3.05) is 33.5 Å². The summed E-state index contributed by atoms with van der Waals surface area (Å²) < 4.78 is 22.4. The average molecular weight is 294 g/mol. The zero-order chi connectivity index (χ0) is 14.7.